The summed E-state index contributed by atoms with van der Waals surface area (Å²) in [5.41, 5.74) is 1.84. The highest BCUT2D eigenvalue weighted by atomic mass is 16.7. The zero-order valence-electron chi connectivity index (χ0n) is 4.16. The molecule has 0 aliphatic carbocycles. The normalized spacial score (nSPS) is 8.00. The van der Waals surface area contributed by atoms with Gasteiger partial charge in [-0.2, -0.15) is 0 Å². The van der Waals surface area contributed by atoms with Crippen LogP contribution >= 0.6 is 0 Å². The molecular weight excluding hydrogens is 112 g/mol. The SMILES string of the molecule is O=CCCN[N+](=O)[O-]. The maximum atomic E-state index is 9.52. The van der Waals surface area contributed by atoms with Crippen LogP contribution in [0.5, 0.6) is 0 Å². The van der Waals surface area contributed by atoms with Crippen LogP contribution in [0, 0.1) is 10.1 Å². The van der Waals surface area contributed by atoms with Crippen molar-refractivity contribution in [2.24, 2.45) is 0 Å². The van der Waals surface area contributed by atoms with E-state index in [1.165, 1.54) is 0 Å². The molecule has 0 atom stereocenters. The molecule has 0 aromatic rings. The average molecular weight is 118 g/mol. The molecule has 0 aliphatic rings. The molecule has 0 amide bonds. The van der Waals surface area contributed by atoms with Gasteiger partial charge >= 0.3 is 0 Å². The van der Waals surface area contributed by atoms with Crippen molar-refractivity contribution in [3.8, 4) is 0 Å². The van der Waals surface area contributed by atoms with Crippen molar-refractivity contribution in [1.82, 2.24) is 5.43 Å². The molecule has 8 heavy (non-hydrogen) atoms. The first kappa shape index (κ1) is 6.87. The third kappa shape index (κ3) is 4.87. The van der Waals surface area contributed by atoms with Gasteiger partial charge in [-0.25, -0.2) is 10.1 Å². The molecule has 0 saturated heterocycles. The fraction of sp³-hybridized carbons (Fsp3) is 0.667. The Hall–Kier alpha value is -1.13. The smallest absolute Gasteiger partial charge is 0.157 e. The van der Waals surface area contributed by atoms with Crippen molar-refractivity contribution < 1.29 is 9.83 Å². The Morgan fingerprint density at radius 1 is 1.75 bits per heavy atom. The highest BCUT2D eigenvalue weighted by Gasteiger charge is 1.88. The molecular formula is C3H6N2O3. The average Bonchev–Trinajstić information content (AvgIpc) is 1.66. The van der Waals surface area contributed by atoms with Gasteiger partial charge in [0.2, 0.25) is 0 Å². The van der Waals surface area contributed by atoms with E-state index in [0.717, 1.165) is 0 Å². The lowest BCUT2D eigenvalue weighted by atomic mass is 10.5. The van der Waals surface area contributed by atoms with Crippen molar-refractivity contribution in [2.75, 3.05) is 6.54 Å². The molecule has 0 aromatic carbocycles. The van der Waals surface area contributed by atoms with Crippen LogP contribution in [-0.4, -0.2) is 17.9 Å². The molecule has 0 unspecified atom stereocenters. The summed E-state index contributed by atoms with van der Waals surface area (Å²) in [6.07, 6.45) is 0.803. The van der Waals surface area contributed by atoms with Crippen LogP contribution in [-0.2, 0) is 4.79 Å². The molecule has 0 bridgehead atoms. The number of aldehydes is 1. The summed E-state index contributed by atoms with van der Waals surface area (Å²) < 4.78 is 0. The summed E-state index contributed by atoms with van der Waals surface area (Å²) in [7, 11) is 0. The lowest BCUT2D eigenvalue weighted by Crippen LogP contribution is -2.22. The topological polar surface area (TPSA) is 72.2 Å². The van der Waals surface area contributed by atoms with Gasteiger partial charge in [-0.15, -0.1) is 5.43 Å². The molecule has 0 radical (unpaired) electrons. The van der Waals surface area contributed by atoms with Gasteiger partial charge in [-0.1, -0.05) is 0 Å². The Labute approximate surface area is 45.8 Å². The lowest BCUT2D eigenvalue weighted by Gasteiger charge is -1.87. The van der Waals surface area contributed by atoms with Crippen LogP contribution < -0.4 is 5.43 Å². The van der Waals surface area contributed by atoms with Crippen LogP contribution in [0.2, 0.25) is 0 Å². The number of carbonyl (C=O) groups is 1. The zero-order valence-corrected chi connectivity index (χ0v) is 4.16. The number of nitrogens with zero attached hydrogens (tertiary/aromatic N) is 1. The standard InChI is InChI=1S/C3H6N2O3/c6-3-1-2-4-5(7)8/h3-4H,1-2H2. The van der Waals surface area contributed by atoms with Crippen molar-refractivity contribution in [3.05, 3.63) is 10.1 Å². The van der Waals surface area contributed by atoms with Crippen molar-refractivity contribution in [1.29, 1.82) is 0 Å². The first-order chi connectivity index (χ1) is 3.77. The number of hydrogen-bond acceptors (Lipinski definition) is 3. The van der Waals surface area contributed by atoms with E-state index in [2.05, 4.69) is 0 Å². The second kappa shape index (κ2) is 4.04. The fourth-order valence-corrected chi connectivity index (χ4v) is 0.215. The maximum Gasteiger partial charge on any atom is 0.157 e. The lowest BCUT2D eigenvalue weighted by molar-refractivity contribution is -0.543. The Morgan fingerprint density at radius 2 is 2.38 bits per heavy atom. The number of nitrogens with one attached hydrogen (secondary N) is 1. The van der Waals surface area contributed by atoms with Gasteiger partial charge in [0.05, 0.1) is 6.54 Å². The minimum absolute atomic E-state index is 0.108. The molecule has 0 fully saturated rings. The van der Waals surface area contributed by atoms with Crippen molar-refractivity contribution >= 4 is 6.29 Å². The summed E-state index contributed by atoms with van der Waals surface area (Å²) in [5.74, 6) is 0. The van der Waals surface area contributed by atoms with Crippen molar-refractivity contribution in [3.63, 3.8) is 0 Å². The highest BCUT2D eigenvalue weighted by molar-refractivity contribution is 5.49. The highest BCUT2D eigenvalue weighted by Crippen LogP contribution is 1.64. The number of hydrazine groups is 1. The van der Waals surface area contributed by atoms with Crippen molar-refractivity contribution in [2.45, 2.75) is 6.42 Å². The predicted octanol–water partition coefficient (Wildman–Crippen LogP) is -0.643. The zero-order chi connectivity index (χ0) is 6.41. The van der Waals surface area contributed by atoms with Gasteiger partial charge in [-0.05, 0) is 0 Å². The van der Waals surface area contributed by atoms with E-state index in [4.69, 9.17) is 0 Å². The Kier molecular flexibility index (Phi) is 3.47. The van der Waals surface area contributed by atoms with E-state index in [0.29, 0.717) is 6.29 Å². The molecule has 0 aromatic heterocycles. The van der Waals surface area contributed by atoms with Crippen LogP contribution in [0.1, 0.15) is 6.42 Å². The van der Waals surface area contributed by atoms with E-state index in [1.54, 1.807) is 0 Å². The van der Waals surface area contributed by atoms with Crippen LogP contribution in [0.15, 0.2) is 0 Å². The Balaban J connectivity index is 2.93. The molecule has 0 saturated carbocycles. The first-order valence-corrected chi connectivity index (χ1v) is 2.09. The Morgan fingerprint density at radius 3 is 2.75 bits per heavy atom. The molecule has 0 spiro atoms. The minimum Gasteiger partial charge on any atom is -0.303 e. The number of nitro groups is 1. The summed E-state index contributed by atoms with van der Waals surface area (Å²) in [6.45, 7) is 0.108. The van der Waals surface area contributed by atoms with Crippen LogP contribution in [0.4, 0.5) is 0 Å². The largest absolute Gasteiger partial charge is 0.303 e. The molecule has 5 heteroatoms. The molecule has 0 heterocycles. The van der Waals surface area contributed by atoms with E-state index in [1.807, 2.05) is 5.43 Å². The Bertz CT molecular complexity index is 92.5. The third-order valence-corrected chi connectivity index (χ3v) is 0.503. The van der Waals surface area contributed by atoms with E-state index in [-0.39, 0.29) is 13.0 Å². The molecule has 5 nitrogen and oxygen atoms in total. The van der Waals surface area contributed by atoms with E-state index >= 15 is 0 Å². The summed E-state index contributed by atoms with van der Waals surface area (Å²) >= 11 is 0. The minimum atomic E-state index is -0.677. The maximum absolute atomic E-state index is 9.52. The molecule has 1 N–H and O–H groups in total. The monoisotopic (exact) mass is 118 g/mol. The van der Waals surface area contributed by atoms with E-state index in [9.17, 15) is 14.9 Å². The number of rotatable bonds is 4. The molecule has 0 aliphatic heterocycles. The fourth-order valence-electron chi connectivity index (χ4n) is 0.215. The van der Waals surface area contributed by atoms with Gasteiger partial charge in [0.1, 0.15) is 6.29 Å². The third-order valence-electron chi connectivity index (χ3n) is 0.503. The second-order valence-electron chi connectivity index (χ2n) is 1.12. The summed E-state index contributed by atoms with van der Waals surface area (Å²) in [5, 5.41) is 8.78. The second-order valence-corrected chi connectivity index (χ2v) is 1.12. The first-order valence-electron chi connectivity index (χ1n) is 2.09. The quantitative estimate of drug-likeness (QED) is 0.230. The van der Waals surface area contributed by atoms with Gasteiger partial charge < -0.3 is 4.79 Å². The van der Waals surface area contributed by atoms with Gasteiger partial charge in [0, 0.05) is 6.42 Å². The van der Waals surface area contributed by atoms with Crippen LogP contribution in [0.3, 0.4) is 0 Å². The summed E-state index contributed by atoms with van der Waals surface area (Å²) in [6, 6.07) is 0. The van der Waals surface area contributed by atoms with Gasteiger partial charge in [-0.3, -0.25) is 0 Å². The van der Waals surface area contributed by atoms with Gasteiger partial charge in [0.15, 0.2) is 5.03 Å². The van der Waals surface area contributed by atoms with E-state index < -0.39 is 5.03 Å². The number of carbonyl (C=O) groups excluding carboxylic acids is 1. The molecule has 0 rings (SSSR count). The summed E-state index contributed by atoms with van der Waals surface area (Å²) in [4.78, 5) is 19.0. The van der Waals surface area contributed by atoms with Crippen LogP contribution in [0.25, 0.3) is 0 Å². The predicted molar refractivity (Wildman–Crippen MR) is 25.7 cm³/mol. The molecule has 46 valence electrons. The van der Waals surface area contributed by atoms with Gasteiger partial charge in [0.25, 0.3) is 0 Å². The number of hydrogen-bond donors (Lipinski definition) is 1.